The van der Waals surface area contributed by atoms with Crippen molar-refractivity contribution in [1.82, 2.24) is 4.98 Å². The summed E-state index contributed by atoms with van der Waals surface area (Å²) in [5.41, 5.74) is 3.15. The van der Waals surface area contributed by atoms with Gasteiger partial charge in [0.1, 0.15) is 5.75 Å². The lowest BCUT2D eigenvalue weighted by Crippen LogP contribution is -2.13. The number of benzene rings is 3. The first-order valence-corrected chi connectivity index (χ1v) is 9.89. The van der Waals surface area contributed by atoms with Gasteiger partial charge in [-0.2, -0.15) is 0 Å². The van der Waals surface area contributed by atoms with Crippen molar-refractivity contribution in [1.29, 1.82) is 0 Å². The maximum absolute atomic E-state index is 12.8. The molecule has 136 valence electrons. The molecule has 0 saturated heterocycles. The molecule has 0 aliphatic heterocycles. The summed E-state index contributed by atoms with van der Waals surface area (Å²) in [6, 6.07) is 23.6. The Balaban J connectivity index is 1.72. The first-order chi connectivity index (χ1) is 13.1. The summed E-state index contributed by atoms with van der Waals surface area (Å²) in [6.45, 7) is 0. The third kappa shape index (κ3) is 3.39. The number of aromatic amines is 1. The lowest BCUT2D eigenvalue weighted by molar-refractivity contribution is 0.414. The molecule has 0 amide bonds. The van der Waals surface area contributed by atoms with Crippen LogP contribution in [0.15, 0.2) is 83.8 Å². The zero-order chi connectivity index (χ0) is 18.9. The Kier molecular flexibility index (Phi) is 4.33. The van der Waals surface area contributed by atoms with Crippen molar-refractivity contribution in [3.63, 3.8) is 0 Å². The van der Waals surface area contributed by atoms with Crippen LogP contribution in [0.5, 0.6) is 5.75 Å². The van der Waals surface area contributed by atoms with Crippen molar-refractivity contribution in [3.05, 3.63) is 78.9 Å². The Labute approximate surface area is 157 Å². The summed E-state index contributed by atoms with van der Waals surface area (Å²) in [5, 5.41) is 1.07. The number of methoxy groups -OCH3 is 1. The fourth-order valence-electron chi connectivity index (χ4n) is 2.98. The number of sulfonamides is 1. The monoisotopic (exact) mass is 378 g/mol. The smallest absolute Gasteiger partial charge is 0.261 e. The topological polar surface area (TPSA) is 71.2 Å². The SMILES string of the molecule is COc1ccc(S(=O)(=O)Nc2ccccc2-c2cc3ccccc3[nH]2)cc1. The van der Waals surface area contributed by atoms with Crippen LogP contribution in [-0.4, -0.2) is 20.5 Å². The van der Waals surface area contributed by atoms with Gasteiger partial charge in [-0.05, 0) is 42.5 Å². The molecule has 0 fully saturated rings. The van der Waals surface area contributed by atoms with E-state index in [0.717, 1.165) is 22.2 Å². The Morgan fingerprint density at radius 1 is 0.889 bits per heavy atom. The molecule has 5 nitrogen and oxygen atoms in total. The van der Waals surface area contributed by atoms with Gasteiger partial charge >= 0.3 is 0 Å². The molecule has 0 unspecified atom stereocenters. The van der Waals surface area contributed by atoms with Crippen LogP contribution in [0.4, 0.5) is 5.69 Å². The third-order valence-electron chi connectivity index (χ3n) is 4.36. The largest absolute Gasteiger partial charge is 0.497 e. The number of fused-ring (bicyclic) bond motifs is 1. The molecule has 0 spiro atoms. The molecule has 0 bridgehead atoms. The van der Waals surface area contributed by atoms with Gasteiger partial charge < -0.3 is 9.72 Å². The predicted octanol–water partition coefficient (Wildman–Crippen LogP) is 4.64. The van der Waals surface area contributed by atoms with Gasteiger partial charge in [-0.25, -0.2) is 8.42 Å². The van der Waals surface area contributed by atoms with E-state index < -0.39 is 10.0 Å². The van der Waals surface area contributed by atoms with Gasteiger partial charge in [0.25, 0.3) is 10.0 Å². The summed E-state index contributed by atoms with van der Waals surface area (Å²) in [6.07, 6.45) is 0. The van der Waals surface area contributed by atoms with E-state index >= 15 is 0 Å². The molecule has 0 saturated carbocycles. The van der Waals surface area contributed by atoms with Crippen LogP contribution >= 0.6 is 0 Å². The zero-order valence-electron chi connectivity index (χ0n) is 14.6. The van der Waals surface area contributed by atoms with Gasteiger partial charge in [-0.3, -0.25) is 4.72 Å². The third-order valence-corrected chi connectivity index (χ3v) is 5.74. The number of H-pyrrole nitrogens is 1. The van der Waals surface area contributed by atoms with Crippen molar-refractivity contribution in [3.8, 4) is 17.0 Å². The van der Waals surface area contributed by atoms with Crippen molar-refractivity contribution in [2.75, 3.05) is 11.8 Å². The first-order valence-electron chi connectivity index (χ1n) is 8.41. The Morgan fingerprint density at radius 3 is 2.33 bits per heavy atom. The molecule has 1 aromatic heterocycles. The highest BCUT2D eigenvalue weighted by Gasteiger charge is 2.17. The van der Waals surface area contributed by atoms with Crippen LogP contribution in [0.2, 0.25) is 0 Å². The molecule has 3 aromatic carbocycles. The number of hydrogen-bond acceptors (Lipinski definition) is 3. The minimum Gasteiger partial charge on any atom is -0.497 e. The van der Waals surface area contributed by atoms with Crippen LogP contribution in [0.3, 0.4) is 0 Å². The Bertz CT molecular complexity index is 1160. The second kappa shape index (κ2) is 6.81. The minimum atomic E-state index is -3.72. The standard InChI is InChI=1S/C21H18N2O3S/c1-26-16-10-12-17(13-11-16)27(24,25)23-20-9-5-3-7-18(20)21-14-15-6-2-4-8-19(15)22-21/h2-14,22-23H,1H3. The molecule has 0 aliphatic carbocycles. The Hall–Kier alpha value is -3.25. The number of anilines is 1. The summed E-state index contributed by atoms with van der Waals surface area (Å²) in [4.78, 5) is 3.52. The number of ether oxygens (including phenoxy) is 1. The average molecular weight is 378 g/mol. The van der Waals surface area contributed by atoms with E-state index in [1.807, 2.05) is 42.5 Å². The molecule has 0 atom stereocenters. The van der Waals surface area contributed by atoms with Gasteiger partial charge in [0, 0.05) is 22.2 Å². The molecule has 2 N–H and O–H groups in total. The van der Waals surface area contributed by atoms with E-state index in [0.29, 0.717) is 11.4 Å². The second-order valence-corrected chi connectivity index (χ2v) is 7.78. The molecule has 0 aliphatic rings. The highest BCUT2D eigenvalue weighted by molar-refractivity contribution is 7.92. The molecule has 6 heteroatoms. The van der Waals surface area contributed by atoms with Crippen molar-refractivity contribution in [2.45, 2.75) is 4.90 Å². The van der Waals surface area contributed by atoms with Gasteiger partial charge in [0.05, 0.1) is 17.7 Å². The molecular formula is C21H18N2O3S. The maximum Gasteiger partial charge on any atom is 0.261 e. The lowest BCUT2D eigenvalue weighted by atomic mass is 10.1. The number of hydrogen-bond donors (Lipinski definition) is 2. The van der Waals surface area contributed by atoms with E-state index in [2.05, 4.69) is 9.71 Å². The molecular weight excluding hydrogens is 360 g/mol. The van der Waals surface area contributed by atoms with E-state index in [1.54, 1.807) is 31.4 Å². The number of nitrogens with one attached hydrogen (secondary N) is 2. The van der Waals surface area contributed by atoms with E-state index in [9.17, 15) is 8.42 Å². The van der Waals surface area contributed by atoms with E-state index in [4.69, 9.17) is 4.74 Å². The summed E-state index contributed by atoms with van der Waals surface area (Å²) in [5.74, 6) is 0.604. The summed E-state index contributed by atoms with van der Waals surface area (Å²) >= 11 is 0. The van der Waals surface area contributed by atoms with Gasteiger partial charge in [-0.15, -0.1) is 0 Å². The van der Waals surface area contributed by atoms with Crippen LogP contribution in [0, 0.1) is 0 Å². The van der Waals surface area contributed by atoms with Crippen LogP contribution < -0.4 is 9.46 Å². The van der Waals surface area contributed by atoms with Crippen LogP contribution in [0.25, 0.3) is 22.2 Å². The Morgan fingerprint density at radius 2 is 1.59 bits per heavy atom. The number of aromatic nitrogens is 1. The molecule has 0 radical (unpaired) electrons. The van der Waals surface area contributed by atoms with Crippen molar-refractivity contribution in [2.24, 2.45) is 0 Å². The van der Waals surface area contributed by atoms with Gasteiger partial charge in [-0.1, -0.05) is 36.4 Å². The number of para-hydroxylation sites is 2. The quantitative estimate of drug-likeness (QED) is 0.531. The van der Waals surface area contributed by atoms with Crippen molar-refractivity contribution >= 4 is 26.6 Å². The molecule has 1 heterocycles. The average Bonchev–Trinajstić information content (AvgIpc) is 3.12. The van der Waals surface area contributed by atoms with Crippen LogP contribution in [-0.2, 0) is 10.0 Å². The summed E-state index contributed by atoms with van der Waals surface area (Å²) in [7, 11) is -2.18. The van der Waals surface area contributed by atoms with Gasteiger partial charge in [0.15, 0.2) is 0 Å². The van der Waals surface area contributed by atoms with Gasteiger partial charge in [0.2, 0.25) is 0 Å². The maximum atomic E-state index is 12.8. The first kappa shape index (κ1) is 17.2. The summed E-state index contributed by atoms with van der Waals surface area (Å²) < 4.78 is 33.4. The molecule has 4 aromatic rings. The molecule has 27 heavy (non-hydrogen) atoms. The van der Waals surface area contributed by atoms with E-state index in [1.165, 1.54) is 12.1 Å². The highest BCUT2D eigenvalue weighted by atomic mass is 32.2. The molecule has 4 rings (SSSR count). The van der Waals surface area contributed by atoms with E-state index in [-0.39, 0.29) is 4.90 Å². The van der Waals surface area contributed by atoms with Crippen molar-refractivity contribution < 1.29 is 13.2 Å². The minimum absolute atomic E-state index is 0.176. The second-order valence-electron chi connectivity index (χ2n) is 6.10. The fourth-order valence-corrected chi connectivity index (χ4v) is 4.06. The lowest BCUT2D eigenvalue weighted by Gasteiger charge is -2.12. The van der Waals surface area contributed by atoms with Crippen LogP contribution in [0.1, 0.15) is 0 Å². The number of rotatable bonds is 5. The fraction of sp³-hybridized carbons (Fsp3) is 0.0476. The highest BCUT2D eigenvalue weighted by Crippen LogP contribution is 2.31. The predicted molar refractivity (Wildman–Crippen MR) is 108 cm³/mol. The zero-order valence-corrected chi connectivity index (χ0v) is 15.5. The normalized spacial score (nSPS) is 11.4.